The molecule has 0 aromatic heterocycles. The molecule has 108 valence electrons. The van der Waals surface area contributed by atoms with Crippen molar-refractivity contribution < 1.29 is 18.3 Å². The molecule has 1 N–H and O–H groups in total. The Kier molecular flexibility index (Phi) is 7.55. The lowest BCUT2D eigenvalue weighted by molar-refractivity contribution is 0.0588. The Bertz CT molecular complexity index is 374. The lowest BCUT2D eigenvalue weighted by Crippen LogP contribution is -2.36. The quantitative estimate of drug-likeness (QED) is 0.699. The van der Waals surface area contributed by atoms with Crippen LogP contribution in [-0.4, -0.2) is 39.5 Å². The van der Waals surface area contributed by atoms with Gasteiger partial charge in [-0.05, 0) is 24.6 Å². The monoisotopic (exact) mass is 273 g/mol. The van der Waals surface area contributed by atoms with Gasteiger partial charge in [-0.15, -0.1) is 0 Å². The summed E-state index contributed by atoms with van der Waals surface area (Å²) in [6.45, 7) is 4.16. The summed E-state index contributed by atoms with van der Waals surface area (Å²) in [6, 6.07) is 4.19. The number of likely N-dealkylation sites (N-methyl/N-ethyl adjacent to an activating group) is 1. The van der Waals surface area contributed by atoms with E-state index in [0.717, 1.165) is 12.6 Å². The number of halogens is 2. The molecule has 0 aliphatic rings. The van der Waals surface area contributed by atoms with E-state index in [9.17, 15) is 8.78 Å². The minimum absolute atomic E-state index is 0.0434. The highest BCUT2D eigenvalue weighted by Crippen LogP contribution is 2.13. The van der Waals surface area contributed by atoms with Gasteiger partial charge in [-0.25, -0.2) is 8.78 Å². The molecule has 1 rings (SSSR count). The fraction of sp³-hybridized carbons (Fsp3) is 0.571. The van der Waals surface area contributed by atoms with Crippen molar-refractivity contribution in [2.75, 3.05) is 33.5 Å². The summed E-state index contributed by atoms with van der Waals surface area (Å²) < 4.78 is 37.0. The number of ether oxygens (including phenoxy) is 2. The van der Waals surface area contributed by atoms with Crippen molar-refractivity contribution in [1.82, 2.24) is 5.32 Å². The van der Waals surface area contributed by atoms with Gasteiger partial charge < -0.3 is 14.8 Å². The van der Waals surface area contributed by atoms with Crippen LogP contribution in [0.15, 0.2) is 18.2 Å². The zero-order valence-electron chi connectivity index (χ0n) is 11.4. The van der Waals surface area contributed by atoms with Crippen molar-refractivity contribution in [1.29, 1.82) is 0 Å². The first-order valence-corrected chi connectivity index (χ1v) is 6.42. The summed E-state index contributed by atoms with van der Waals surface area (Å²) >= 11 is 0. The van der Waals surface area contributed by atoms with Crippen LogP contribution in [0, 0.1) is 11.6 Å². The molecule has 0 fully saturated rings. The average Bonchev–Trinajstić information content (AvgIpc) is 2.40. The van der Waals surface area contributed by atoms with Crippen molar-refractivity contribution in [2.24, 2.45) is 0 Å². The predicted molar refractivity (Wildman–Crippen MR) is 70.2 cm³/mol. The third-order valence-corrected chi connectivity index (χ3v) is 2.74. The number of hydrogen-bond donors (Lipinski definition) is 1. The van der Waals surface area contributed by atoms with Gasteiger partial charge in [0.15, 0.2) is 11.6 Å². The van der Waals surface area contributed by atoms with Gasteiger partial charge in [0.25, 0.3) is 0 Å². The second-order valence-corrected chi connectivity index (χ2v) is 4.24. The highest BCUT2D eigenvalue weighted by molar-refractivity contribution is 5.20. The maximum atomic E-state index is 13.6. The molecule has 0 saturated carbocycles. The topological polar surface area (TPSA) is 30.5 Å². The van der Waals surface area contributed by atoms with Gasteiger partial charge in [0.05, 0.1) is 19.8 Å². The SMILES string of the molecule is CCNC(COCCOC)Cc1cccc(F)c1F. The van der Waals surface area contributed by atoms with Crippen molar-refractivity contribution in [2.45, 2.75) is 19.4 Å². The van der Waals surface area contributed by atoms with Gasteiger partial charge in [0.1, 0.15) is 0 Å². The lowest BCUT2D eigenvalue weighted by atomic mass is 10.1. The molecule has 1 aromatic rings. The van der Waals surface area contributed by atoms with E-state index in [1.54, 1.807) is 13.2 Å². The highest BCUT2D eigenvalue weighted by atomic mass is 19.2. The molecule has 5 heteroatoms. The molecule has 0 aliphatic carbocycles. The standard InChI is InChI=1S/C14H21F2NO2/c1-3-17-12(10-19-8-7-18-2)9-11-5-4-6-13(15)14(11)16/h4-6,12,17H,3,7-10H2,1-2H3. The number of rotatable bonds is 9. The van der Waals surface area contributed by atoms with Crippen molar-refractivity contribution >= 4 is 0 Å². The molecular weight excluding hydrogens is 252 g/mol. The molecule has 0 saturated heterocycles. The molecule has 0 bridgehead atoms. The molecule has 19 heavy (non-hydrogen) atoms. The summed E-state index contributed by atoms with van der Waals surface area (Å²) in [5.74, 6) is -1.59. The zero-order chi connectivity index (χ0) is 14.1. The third kappa shape index (κ3) is 5.63. The highest BCUT2D eigenvalue weighted by Gasteiger charge is 2.14. The second kappa shape index (κ2) is 8.96. The van der Waals surface area contributed by atoms with E-state index >= 15 is 0 Å². The van der Waals surface area contributed by atoms with Crippen LogP contribution in [0.25, 0.3) is 0 Å². The molecule has 0 aliphatic heterocycles. The van der Waals surface area contributed by atoms with E-state index < -0.39 is 11.6 Å². The molecule has 1 atom stereocenters. The normalized spacial score (nSPS) is 12.6. The van der Waals surface area contributed by atoms with Gasteiger partial charge in [0.2, 0.25) is 0 Å². The van der Waals surface area contributed by atoms with E-state index in [1.165, 1.54) is 6.07 Å². The molecule has 0 spiro atoms. The predicted octanol–water partition coefficient (Wildman–Crippen LogP) is 2.15. The first-order valence-electron chi connectivity index (χ1n) is 6.42. The van der Waals surface area contributed by atoms with Crippen molar-refractivity contribution in [3.8, 4) is 0 Å². The average molecular weight is 273 g/mol. The van der Waals surface area contributed by atoms with Crippen LogP contribution in [0.1, 0.15) is 12.5 Å². The largest absolute Gasteiger partial charge is 0.382 e. The van der Waals surface area contributed by atoms with Crippen molar-refractivity contribution in [3.05, 3.63) is 35.4 Å². The second-order valence-electron chi connectivity index (χ2n) is 4.24. The summed E-state index contributed by atoms with van der Waals surface area (Å²) in [6.07, 6.45) is 0.393. The van der Waals surface area contributed by atoms with Crippen LogP contribution in [-0.2, 0) is 15.9 Å². The fourth-order valence-electron chi connectivity index (χ4n) is 1.82. The maximum Gasteiger partial charge on any atom is 0.162 e. The molecule has 1 unspecified atom stereocenters. The van der Waals surface area contributed by atoms with E-state index in [2.05, 4.69) is 5.32 Å². The van der Waals surface area contributed by atoms with Gasteiger partial charge in [-0.3, -0.25) is 0 Å². The van der Waals surface area contributed by atoms with Crippen LogP contribution >= 0.6 is 0 Å². The molecule has 0 amide bonds. The number of hydrogen-bond acceptors (Lipinski definition) is 3. The smallest absolute Gasteiger partial charge is 0.162 e. The number of nitrogens with one attached hydrogen (secondary N) is 1. The van der Waals surface area contributed by atoms with Crippen LogP contribution in [0.4, 0.5) is 8.78 Å². The van der Waals surface area contributed by atoms with Gasteiger partial charge >= 0.3 is 0 Å². The maximum absolute atomic E-state index is 13.6. The number of methoxy groups -OCH3 is 1. The first kappa shape index (κ1) is 16.0. The Balaban J connectivity index is 2.54. The van der Waals surface area contributed by atoms with Crippen LogP contribution in [0.2, 0.25) is 0 Å². The Morgan fingerprint density at radius 1 is 1.26 bits per heavy atom. The summed E-state index contributed by atoms with van der Waals surface area (Å²) in [5.41, 5.74) is 0.362. The zero-order valence-corrected chi connectivity index (χ0v) is 11.4. The molecule has 0 radical (unpaired) electrons. The Morgan fingerprint density at radius 3 is 2.74 bits per heavy atom. The minimum Gasteiger partial charge on any atom is -0.382 e. The van der Waals surface area contributed by atoms with E-state index in [-0.39, 0.29) is 6.04 Å². The van der Waals surface area contributed by atoms with Gasteiger partial charge in [-0.1, -0.05) is 19.1 Å². The Hall–Kier alpha value is -1.04. The Morgan fingerprint density at radius 2 is 2.05 bits per heavy atom. The summed E-state index contributed by atoms with van der Waals surface area (Å²) in [5, 5.41) is 3.20. The van der Waals surface area contributed by atoms with Crippen molar-refractivity contribution in [3.63, 3.8) is 0 Å². The number of benzene rings is 1. The summed E-state index contributed by atoms with van der Waals surface area (Å²) in [4.78, 5) is 0. The molecule has 3 nitrogen and oxygen atoms in total. The minimum atomic E-state index is -0.812. The van der Waals surface area contributed by atoms with Gasteiger partial charge in [-0.2, -0.15) is 0 Å². The molecular formula is C14H21F2NO2. The third-order valence-electron chi connectivity index (χ3n) is 2.74. The fourth-order valence-corrected chi connectivity index (χ4v) is 1.82. The van der Waals surface area contributed by atoms with Gasteiger partial charge in [0, 0.05) is 13.2 Å². The van der Waals surface area contributed by atoms with Crippen LogP contribution < -0.4 is 5.32 Å². The van der Waals surface area contributed by atoms with Crippen LogP contribution in [0.3, 0.4) is 0 Å². The van der Waals surface area contributed by atoms with E-state index in [0.29, 0.717) is 31.8 Å². The first-order chi connectivity index (χ1) is 9.19. The lowest BCUT2D eigenvalue weighted by Gasteiger charge is -2.18. The van der Waals surface area contributed by atoms with E-state index in [4.69, 9.17) is 9.47 Å². The summed E-state index contributed by atoms with van der Waals surface area (Å²) in [7, 11) is 1.60. The molecule has 1 aromatic carbocycles. The molecule has 0 heterocycles. The van der Waals surface area contributed by atoms with E-state index in [1.807, 2.05) is 6.92 Å². The Labute approximate surface area is 112 Å². The van der Waals surface area contributed by atoms with Crippen LogP contribution in [0.5, 0.6) is 0 Å².